The summed E-state index contributed by atoms with van der Waals surface area (Å²) in [5.74, 6) is -0.0305. The fourth-order valence-corrected chi connectivity index (χ4v) is 6.14. The number of benzene rings is 2. The van der Waals surface area contributed by atoms with Gasteiger partial charge in [0.1, 0.15) is 6.54 Å². The van der Waals surface area contributed by atoms with Crippen LogP contribution in [0.1, 0.15) is 48.1 Å². The van der Waals surface area contributed by atoms with Crippen LogP contribution in [0.5, 0.6) is 0 Å². The summed E-state index contributed by atoms with van der Waals surface area (Å²) < 4.78 is 5.82. The van der Waals surface area contributed by atoms with Crippen LogP contribution in [0, 0.1) is 0 Å². The monoisotopic (exact) mass is 510 g/mol. The number of nitrogens with zero attached hydrogens (tertiary/aromatic N) is 2. The summed E-state index contributed by atoms with van der Waals surface area (Å²) in [6, 6.07) is 14.0. The van der Waals surface area contributed by atoms with Gasteiger partial charge in [-0.2, -0.15) is 0 Å². The molecule has 36 heavy (non-hydrogen) atoms. The van der Waals surface area contributed by atoms with Gasteiger partial charge in [0.25, 0.3) is 0 Å². The number of nitrogens with one attached hydrogen (secondary N) is 2. The minimum atomic E-state index is -0.497. The van der Waals surface area contributed by atoms with Crippen LogP contribution in [0.15, 0.2) is 47.4 Å². The standard InChI is InChI=1S/C27H34N4O4S/c1-30(15-26(33)31-11-5-7-22(31)18-6-3-4-8-25(18)36-2)27(34)28-14-17-9-10-20-19(12-17)24-13-21(29-20)23(32)16-35-24/h3-4,6,8-10,12,21-24,29,32H,5,7,11,13-16H2,1-2H3,(H,28,34)/t21-,22-,23-,24?/m1/s1. The van der Waals surface area contributed by atoms with E-state index in [1.807, 2.05) is 35.2 Å². The smallest absolute Gasteiger partial charge is 0.317 e. The van der Waals surface area contributed by atoms with E-state index in [4.69, 9.17) is 4.74 Å². The average Bonchev–Trinajstić information content (AvgIpc) is 3.39. The SMILES string of the molecule is CSc1ccccc1[C@H]1CCCN1C(=O)CN(C)C(=O)NCc1ccc2c(c1)C1C[C@@H](N2)[C@H](O)CO1. The zero-order chi connectivity index (χ0) is 25.2. The van der Waals surface area contributed by atoms with Crippen LogP contribution < -0.4 is 10.6 Å². The molecule has 0 aromatic heterocycles. The first-order chi connectivity index (χ1) is 17.4. The molecule has 3 heterocycles. The van der Waals surface area contributed by atoms with Crippen molar-refractivity contribution in [1.29, 1.82) is 0 Å². The normalized spacial score (nSPS) is 24.6. The van der Waals surface area contributed by atoms with Gasteiger partial charge in [-0.15, -0.1) is 11.8 Å². The number of ether oxygens (including phenoxy) is 1. The Bertz CT molecular complexity index is 1130. The van der Waals surface area contributed by atoms with E-state index < -0.39 is 6.10 Å². The van der Waals surface area contributed by atoms with Gasteiger partial charge in [-0.25, -0.2) is 4.79 Å². The Kier molecular flexibility index (Phi) is 7.41. The fraction of sp³-hybridized carbons (Fsp3) is 0.481. The van der Waals surface area contributed by atoms with Gasteiger partial charge in [0.15, 0.2) is 0 Å². The second kappa shape index (κ2) is 10.7. The Morgan fingerprint density at radius 3 is 2.92 bits per heavy atom. The van der Waals surface area contributed by atoms with E-state index in [0.29, 0.717) is 19.7 Å². The van der Waals surface area contributed by atoms with Crippen LogP contribution in [0.2, 0.25) is 0 Å². The highest BCUT2D eigenvalue weighted by atomic mass is 32.2. The molecule has 2 aromatic rings. The third-order valence-corrected chi connectivity index (χ3v) is 8.25. The van der Waals surface area contributed by atoms with Crippen molar-refractivity contribution in [2.24, 2.45) is 0 Å². The van der Waals surface area contributed by atoms with Gasteiger partial charge < -0.3 is 30.3 Å². The first-order valence-corrected chi connectivity index (χ1v) is 13.8. The average molecular weight is 511 g/mol. The second-order valence-electron chi connectivity index (χ2n) is 9.80. The van der Waals surface area contributed by atoms with Gasteiger partial charge in [-0.1, -0.05) is 24.3 Å². The molecule has 4 atom stereocenters. The maximum absolute atomic E-state index is 13.2. The number of anilines is 1. The number of fused-ring (bicyclic) bond motifs is 4. The quantitative estimate of drug-likeness (QED) is 0.515. The van der Waals surface area contributed by atoms with Crippen molar-refractivity contribution in [3.8, 4) is 0 Å². The lowest BCUT2D eigenvalue weighted by Gasteiger charge is -2.40. The minimum Gasteiger partial charge on any atom is -0.389 e. The van der Waals surface area contributed by atoms with E-state index in [2.05, 4.69) is 29.0 Å². The lowest BCUT2D eigenvalue weighted by atomic mass is 9.89. The molecule has 5 rings (SSSR count). The number of thioether (sulfide) groups is 1. The van der Waals surface area contributed by atoms with Gasteiger partial charge in [0.2, 0.25) is 5.91 Å². The highest BCUT2D eigenvalue weighted by Gasteiger charge is 2.36. The Labute approximate surface area is 216 Å². The zero-order valence-electron chi connectivity index (χ0n) is 20.8. The van der Waals surface area contributed by atoms with Crippen LogP contribution in [0.3, 0.4) is 0 Å². The molecule has 0 saturated carbocycles. The third kappa shape index (κ3) is 5.05. The molecule has 0 radical (unpaired) electrons. The molecule has 9 heteroatoms. The maximum Gasteiger partial charge on any atom is 0.317 e. The second-order valence-corrected chi connectivity index (χ2v) is 10.6. The summed E-state index contributed by atoms with van der Waals surface area (Å²) >= 11 is 1.70. The Morgan fingerprint density at radius 2 is 2.08 bits per heavy atom. The Morgan fingerprint density at radius 1 is 1.25 bits per heavy atom. The molecule has 2 bridgehead atoms. The summed E-state index contributed by atoms with van der Waals surface area (Å²) in [5.41, 5.74) is 4.17. The Balaban J connectivity index is 1.17. The summed E-state index contributed by atoms with van der Waals surface area (Å²) in [4.78, 5) is 30.5. The van der Waals surface area contributed by atoms with Gasteiger partial charge in [-0.05, 0) is 48.4 Å². The van der Waals surface area contributed by atoms with Crippen molar-refractivity contribution < 1.29 is 19.4 Å². The molecule has 1 unspecified atom stereocenters. The van der Waals surface area contributed by atoms with E-state index in [1.165, 1.54) is 15.4 Å². The number of rotatable bonds is 6. The molecule has 0 spiro atoms. The number of hydrogen-bond donors (Lipinski definition) is 3. The molecule has 3 aliphatic heterocycles. The number of aliphatic hydroxyl groups excluding tert-OH is 1. The van der Waals surface area contributed by atoms with Crippen LogP contribution >= 0.6 is 11.8 Å². The first-order valence-electron chi connectivity index (χ1n) is 12.5. The van der Waals surface area contributed by atoms with Gasteiger partial charge in [-0.3, -0.25) is 4.79 Å². The molecule has 3 aliphatic rings. The molecule has 3 N–H and O–H groups in total. The number of hydrogen-bond acceptors (Lipinski definition) is 6. The highest BCUT2D eigenvalue weighted by Crippen LogP contribution is 2.40. The first kappa shape index (κ1) is 24.9. The molecule has 3 amide bonds. The summed E-state index contributed by atoms with van der Waals surface area (Å²) in [6.07, 6.45) is 4.15. The maximum atomic E-state index is 13.2. The fourth-order valence-electron chi connectivity index (χ4n) is 5.49. The van der Waals surface area contributed by atoms with Crippen molar-refractivity contribution in [3.05, 3.63) is 59.2 Å². The number of aliphatic hydroxyl groups is 1. The molecule has 2 fully saturated rings. The minimum absolute atomic E-state index is 0.0115. The van der Waals surface area contributed by atoms with E-state index >= 15 is 0 Å². The van der Waals surface area contributed by atoms with Crippen molar-refractivity contribution in [2.75, 3.05) is 38.3 Å². The lowest BCUT2D eigenvalue weighted by molar-refractivity contribution is -0.132. The molecular formula is C27H34N4O4S. The van der Waals surface area contributed by atoms with Gasteiger partial charge in [0.05, 0.1) is 30.9 Å². The van der Waals surface area contributed by atoms with Crippen LogP contribution in [-0.4, -0.2) is 72.0 Å². The van der Waals surface area contributed by atoms with Crippen molar-refractivity contribution in [2.45, 2.75) is 55.0 Å². The number of likely N-dealkylation sites (N-methyl/N-ethyl adjacent to an activating group) is 1. The summed E-state index contributed by atoms with van der Waals surface area (Å²) in [5, 5.41) is 16.4. The van der Waals surface area contributed by atoms with Crippen molar-refractivity contribution in [1.82, 2.24) is 15.1 Å². The highest BCUT2D eigenvalue weighted by molar-refractivity contribution is 7.98. The van der Waals surface area contributed by atoms with Crippen LogP contribution in [0.4, 0.5) is 10.5 Å². The third-order valence-electron chi connectivity index (χ3n) is 7.44. The van der Waals surface area contributed by atoms with Crippen molar-refractivity contribution >= 4 is 29.4 Å². The molecule has 0 aliphatic carbocycles. The lowest BCUT2D eigenvalue weighted by Crippen LogP contribution is -2.46. The van der Waals surface area contributed by atoms with Crippen molar-refractivity contribution in [3.63, 3.8) is 0 Å². The summed E-state index contributed by atoms with van der Waals surface area (Å²) in [7, 11) is 1.66. The van der Waals surface area contributed by atoms with E-state index in [0.717, 1.165) is 36.1 Å². The van der Waals surface area contributed by atoms with Crippen LogP contribution in [0.25, 0.3) is 0 Å². The topological polar surface area (TPSA) is 94.1 Å². The number of carbonyl (C=O) groups excluding carboxylic acids is 2. The number of carbonyl (C=O) groups is 2. The van der Waals surface area contributed by atoms with Gasteiger partial charge in [0, 0.05) is 42.7 Å². The zero-order valence-corrected chi connectivity index (χ0v) is 21.6. The molecule has 192 valence electrons. The van der Waals surface area contributed by atoms with Crippen LogP contribution in [-0.2, 0) is 16.1 Å². The number of likely N-dealkylation sites (tertiary alicyclic amines) is 1. The largest absolute Gasteiger partial charge is 0.389 e. The molecule has 2 aromatic carbocycles. The molecule has 8 nitrogen and oxygen atoms in total. The number of urea groups is 1. The van der Waals surface area contributed by atoms with E-state index in [1.54, 1.807) is 18.8 Å². The van der Waals surface area contributed by atoms with E-state index in [9.17, 15) is 14.7 Å². The predicted octanol–water partition coefficient (Wildman–Crippen LogP) is 3.53. The molecular weight excluding hydrogens is 476 g/mol. The molecule has 2 saturated heterocycles. The van der Waals surface area contributed by atoms with E-state index in [-0.39, 0.29) is 36.7 Å². The number of amides is 3. The Hall–Kier alpha value is -2.75. The van der Waals surface area contributed by atoms with Gasteiger partial charge >= 0.3 is 6.03 Å². The summed E-state index contributed by atoms with van der Waals surface area (Å²) in [6.45, 7) is 1.43. The predicted molar refractivity (Wildman–Crippen MR) is 140 cm³/mol.